The monoisotopic (exact) mass is 478 g/mol. The maximum Gasteiger partial charge on any atom is 0.408 e. The lowest BCUT2D eigenvalue weighted by molar-refractivity contribution is -0.141. The summed E-state index contributed by atoms with van der Waals surface area (Å²) in [5, 5.41) is 15.1. The van der Waals surface area contributed by atoms with Crippen LogP contribution in [0.5, 0.6) is 5.75 Å². The van der Waals surface area contributed by atoms with Crippen LogP contribution in [0.3, 0.4) is 0 Å². The minimum atomic E-state index is -1.15. The molecule has 0 aliphatic carbocycles. The molecule has 0 spiro atoms. The van der Waals surface area contributed by atoms with Gasteiger partial charge in [-0.2, -0.15) is 0 Å². The molecule has 0 aliphatic heterocycles. The molecule has 1 aromatic rings. The van der Waals surface area contributed by atoms with Gasteiger partial charge in [-0.05, 0) is 58.2 Å². The van der Waals surface area contributed by atoms with Crippen molar-refractivity contribution >= 4 is 23.8 Å². The van der Waals surface area contributed by atoms with Crippen molar-refractivity contribution in [3.05, 3.63) is 29.8 Å². The van der Waals surface area contributed by atoms with Crippen LogP contribution in [-0.2, 0) is 19.1 Å². The van der Waals surface area contributed by atoms with Crippen LogP contribution in [0, 0.1) is 0 Å². The van der Waals surface area contributed by atoms with Crippen molar-refractivity contribution in [2.75, 3.05) is 7.05 Å². The number of phenols is 1. The van der Waals surface area contributed by atoms with Gasteiger partial charge in [0, 0.05) is 19.5 Å². The molecule has 10 heteroatoms. The third-order valence-corrected chi connectivity index (χ3v) is 4.97. The van der Waals surface area contributed by atoms with Gasteiger partial charge in [-0.3, -0.25) is 14.4 Å². The highest BCUT2D eigenvalue weighted by molar-refractivity contribution is 5.92. The van der Waals surface area contributed by atoms with Crippen molar-refractivity contribution < 1.29 is 29.0 Å². The first-order valence-corrected chi connectivity index (χ1v) is 11.4. The number of ether oxygens (including phenoxy) is 1. The number of phenolic OH excluding ortho intramolecular Hbond substituents is 1. The molecular formula is C24H38N4O6. The summed E-state index contributed by atoms with van der Waals surface area (Å²) in [5.41, 5.74) is 4.93. The first-order chi connectivity index (χ1) is 15.7. The second kappa shape index (κ2) is 12.8. The van der Waals surface area contributed by atoms with E-state index in [-0.39, 0.29) is 24.6 Å². The summed E-state index contributed by atoms with van der Waals surface area (Å²) < 4.78 is 5.25. The van der Waals surface area contributed by atoms with Gasteiger partial charge in [0.15, 0.2) is 0 Å². The van der Waals surface area contributed by atoms with Crippen LogP contribution in [0.2, 0.25) is 0 Å². The highest BCUT2D eigenvalue weighted by Gasteiger charge is 2.34. The Labute approximate surface area is 201 Å². The summed E-state index contributed by atoms with van der Waals surface area (Å²) >= 11 is 0. The quantitative estimate of drug-likeness (QED) is 0.383. The number of benzene rings is 1. The molecule has 0 heterocycles. The molecule has 1 aromatic carbocycles. The van der Waals surface area contributed by atoms with E-state index in [9.17, 15) is 24.3 Å². The van der Waals surface area contributed by atoms with Crippen molar-refractivity contribution in [3.8, 4) is 5.75 Å². The molecule has 0 radical (unpaired) electrons. The maximum atomic E-state index is 13.4. The first kappa shape index (κ1) is 28.7. The van der Waals surface area contributed by atoms with E-state index in [1.165, 1.54) is 24.1 Å². The summed E-state index contributed by atoms with van der Waals surface area (Å²) in [7, 11) is 1.44. The Morgan fingerprint density at radius 1 is 1.09 bits per heavy atom. The number of rotatable bonds is 11. The fraction of sp³-hybridized carbons (Fsp3) is 0.583. The van der Waals surface area contributed by atoms with Crippen LogP contribution in [0.1, 0.15) is 71.9 Å². The lowest BCUT2D eigenvalue weighted by Gasteiger charge is -2.32. The van der Waals surface area contributed by atoms with Gasteiger partial charge in [-0.15, -0.1) is 0 Å². The molecule has 0 aromatic heterocycles. The van der Waals surface area contributed by atoms with Crippen molar-refractivity contribution in [2.24, 2.45) is 5.73 Å². The third-order valence-electron chi connectivity index (χ3n) is 4.97. The van der Waals surface area contributed by atoms with Crippen LogP contribution in [0.4, 0.5) is 4.79 Å². The average Bonchev–Trinajstić information content (AvgIpc) is 2.70. The fourth-order valence-electron chi connectivity index (χ4n) is 3.40. The Morgan fingerprint density at radius 2 is 1.68 bits per heavy atom. The fourth-order valence-corrected chi connectivity index (χ4v) is 3.40. The molecule has 0 fully saturated rings. The predicted octanol–water partition coefficient (Wildman–Crippen LogP) is 2.36. The Morgan fingerprint density at radius 3 is 2.18 bits per heavy atom. The number of carbonyl (C=O) groups excluding carboxylic acids is 4. The normalized spacial score (nSPS) is 13.8. The number of aromatic hydroxyl groups is 1. The molecule has 0 saturated carbocycles. The summed E-state index contributed by atoms with van der Waals surface area (Å²) in [6.45, 7) is 8.92. The van der Waals surface area contributed by atoms with Crippen molar-refractivity contribution in [3.63, 3.8) is 0 Å². The molecule has 190 valence electrons. The van der Waals surface area contributed by atoms with Gasteiger partial charge in [0.25, 0.3) is 0 Å². The second-order valence-electron chi connectivity index (χ2n) is 9.35. The standard InChI is InChI=1S/C24H38N4O6/c1-7-8-15(2)26-21(31)20(16-9-11-17(29)12-10-16)28(6)22(32)18(13-14-19(25)30)27-23(33)34-24(3,4)5/h9-12,15,18,20,29H,7-8,13-14H2,1-6H3,(H2,25,30)(H,26,31)(H,27,33). The summed E-state index contributed by atoms with van der Waals surface area (Å²) in [6.07, 6.45) is 0.589. The van der Waals surface area contributed by atoms with Gasteiger partial charge in [-0.1, -0.05) is 25.5 Å². The van der Waals surface area contributed by atoms with E-state index >= 15 is 0 Å². The van der Waals surface area contributed by atoms with Crippen LogP contribution < -0.4 is 16.4 Å². The zero-order valence-electron chi connectivity index (χ0n) is 20.9. The molecule has 0 saturated heterocycles. The number of primary amides is 1. The second-order valence-corrected chi connectivity index (χ2v) is 9.35. The summed E-state index contributed by atoms with van der Waals surface area (Å²) in [4.78, 5) is 51.5. The van der Waals surface area contributed by atoms with E-state index in [0.717, 1.165) is 12.8 Å². The minimum Gasteiger partial charge on any atom is -0.508 e. The number of hydrogen-bond acceptors (Lipinski definition) is 6. The van der Waals surface area contributed by atoms with Gasteiger partial charge in [0.05, 0.1) is 0 Å². The smallest absolute Gasteiger partial charge is 0.408 e. The molecule has 0 aliphatic rings. The van der Waals surface area contributed by atoms with Crippen LogP contribution in [0.25, 0.3) is 0 Å². The van der Waals surface area contributed by atoms with Gasteiger partial charge >= 0.3 is 6.09 Å². The molecule has 10 nitrogen and oxygen atoms in total. The van der Waals surface area contributed by atoms with Crippen molar-refractivity contribution in [2.45, 2.75) is 84.0 Å². The first-order valence-electron chi connectivity index (χ1n) is 11.4. The van der Waals surface area contributed by atoms with Crippen LogP contribution in [-0.4, -0.2) is 58.6 Å². The number of alkyl carbamates (subject to hydrolysis) is 1. The van der Waals surface area contributed by atoms with E-state index in [2.05, 4.69) is 10.6 Å². The third kappa shape index (κ3) is 9.68. The molecule has 3 unspecified atom stereocenters. The van der Waals surface area contributed by atoms with E-state index in [0.29, 0.717) is 5.56 Å². The van der Waals surface area contributed by atoms with Crippen LogP contribution >= 0.6 is 0 Å². The van der Waals surface area contributed by atoms with E-state index in [4.69, 9.17) is 10.5 Å². The van der Waals surface area contributed by atoms with Gasteiger partial charge in [-0.25, -0.2) is 4.79 Å². The lowest BCUT2D eigenvalue weighted by Crippen LogP contribution is -2.52. The number of amides is 4. The number of nitrogens with two attached hydrogens (primary N) is 1. The molecular weight excluding hydrogens is 440 g/mol. The largest absolute Gasteiger partial charge is 0.508 e. The molecule has 4 amide bonds. The zero-order valence-corrected chi connectivity index (χ0v) is 20.9. The Hall–Kier alpha value is -3.30. The topological polar surface area (TPSA) is 151 Å². The zero-order chi connectivity index (χ0) is 26.1. The minimum absolute atomic E-state index is 0.0159. The summed E-state index contributed by atoms with van der Waals surface area (Å²) in [5.74, 6) is -1.62. The van der Waals surface area contributed by atoms with E-state index in [1.807, 2.05) is 13.8 Å². The Bertz CT molecular complexity index is 850. The Balaban J connectivity index is 3.24. The van der Waals surface area contributed by atoms with Gasteiger partial charge in [0.1, 0.15) is 23.4 Å². The average molecular weight is 479 g/mol. The van der Waals surface area contributed by atoms with E-state index in [1.54, 1.807) is 32.9 Å². The molecule has 5 N–H and O–H groups in total. The number of nitrogens with zero attached hydrogens (tertiary/aromatic N) is 1. The Kier molecular flexibility index (Phi) is 10.8. The molecule has 34 heavy (non-hydrogen) atoms. The number of likely N-dealkylation sites (N-methyl/N-ethyl adjacent to an activating group) is 1. The van der Waals surface area contributed by atoms with Crippen molar-refractivity contribution in [1.82, 2.24) is 15.5 Å². The number of nitrogens with one attached hydrogen (secondary N) is 2. The maximum absolute atomic E-state index is 13.4. The van der Waals surface area contributed by atoms with Crippen molar-refractivity contribution in [1.29, 1.82) is 0 Å². The number of carbonyl (C=O) groups is 4. The molecule has 3 atom stereocenters. The number of hydrogen-bond donors (Lipinski definition) is 4. The van der Waals surface area contributed by atoms with E-state index < -0.39 is 41.5 Å². The van der Waals surface area contributed by atoms with Crippen LogP contribution in [0.15, 0.2) is 24.3 Å². The van der Waals surface area contributed by atoms with Gasteiger partial charge < -0.3 is 31.1 Å². The predicted molar refractivity (Wildman–Crippen MR) is 128 cm³/mol. The highest BCUT2D eigenvalue weighted by Crippen LogP contribution is 2.24. The summed E-state index contributed by atoms with van der Waals surface area (Å²) in [6, 6.07) is 3.64. The lowest BCUT2D eigenvalue weighted by atomic mass is 10.0. The highest BCUT2D eigenvalue weighted by atomic mass is 16.6. The molecule has 1 rings (SSSR count). The molecule has 0 bridgehead atoms. The SMILES string of the molecule is CCCC(C)NC(=O)C(c1ccc(O)cc1)N(C)C(=O)C(CCC(N)=O)NC(=O)OC(C)(C)C. The van der Waals surface area contributed by atoms with Gasteiger partial charge in [0.2, 0.25) is 17.7 Å².